The Labute approximate surface area is 140 Å². The van der Waals surface area contributed by atoms with Crippen LogP contribution < -0.4 is 5.73 Å². The number of aromatic nitrogens is 1. The van der Waals surface area contributed by atoms with E-state index in [0.717, 1.165) is 5.56 Å². The van der Waals surface area contributed by atoms with Gasteiger partial charge in [0.2, 0.25) is 15.7 Å². The highest BCUT2D eigenvalue weighted by molar-refractivity contribution is 7.91. The minimum Gasteiger partial charge on any atom is -0.366 e. The maximum absolute atomic E-state index is 12.8. The first-order chi connectivity index (χ1) is 11.3. The van der Waals surface area contributed by atoms with Crippen molar-refractivity contribution in [1.29, 1.82) is 0 Å². The number of hydrogen-bond donors (Lipinski definition) is 1. The van der Waals surface area contributed by atoms with Crippen LogP contribution in [0, 0.1) is 13.8 Å². The van der Waals surface area contributed by atoms with Crippen LogP contribution in [0.3, 0.4) is 0 Å². The molecule has 2 N–H and O–H groups in total. The molecule has 0 aliphatic rings. The summed E-state index contributed by atoms with van der Waals surface area (Å²) in [6, 6.07) is 11.4. The van der Waals surface area contributed by atoms with Gasteiger partial charge in [0, 0.05) is 11.6 Å². The second kappa shape index (κ2) is 5.72. The molecule has 0 unspecified atom stereocenters. The number of aryl methyl sites for hydroxylation is 2. The van der Waals surface area contributed by atoms with Crippen LogP contribution in [-0.4, -0.2) is 19.3 Å². The zero-order valence-electron chi connectivity index (χ0n) is 13.3. The van der Waals surface area contributed by atoms with E-state index in [9.17, 15) is 13.2 Å². The second-order valence-corrected chi connectivity index (χ2v) is 7.67. The zero-order valence-corrected chi connectivity index (χ0v) is 14.1. The van der Waals surface area contributed by atoms with Gasteiger partial charge in [-0.05, 0) is 49.7 Å². The van der Waals surface area contributed by atoms with Crippen molar-refractivity contribution in [3.05, 3.63) is 65.4 Å². The summed E-state index contributed by atoms with van der Waals surface area (Å²) < 4.78 is 25.7. The molecule has 24 heavy (non-hydrogen) atoms. The Morgan fingerprint density at radius 1 is 1.00 bits per heavy atom. The summed E-state index contributed by atoms with van der Waals surface area (Å²) in [5.74, 6) is -0.603. The predicted octanol–water partition coefficient (Wildman–Crippen LogP) is 2.78. The lowest BCUT2D eigenvalue weighted by Crippen LogP contribution is -2.11. The number of nitrogens with zero attached hydrogens (tertiary/aromatic N) is 1. The van der Waals surface area contributed by atoms with Gasteiger partial charge >= 0.3 is 0 Å². The van der Waals surface area contributed by atoms with E-state index in [0.29, 0.717) is 16.5 Å². The zero-order chi connectivity index (χ0) is 17.5. The van der Waals surface area contributed by atoms with E-state index in [1.165, 1.54) is 12.3 Å². The molecule has 0 aliphatic carbocycles. The van der Waals surface area contributed by atoms with Crippen molar-refractivity contribution in [2.75, 3.05) is 0 Å². The Bertz CT molecular complexity index is 1060. The van der Waals surface area contributed by atoms with E-state index >= 15 is 0 Å². The van der Waals surface area contributed by atoms with Crippen LogP contribution in [0.4, 0.5) is 0 Å². The largest absolute Gasteiger partial charge is 0.366 e. The Morgan fingerprint density at radius 3 is 2.29 bits per heavy atom. The summed E-state index contributed by atoms with van der Waals surface area (Å²) in [5.41, 5.74) is 7.86. The first-order valence-electron chi connectivity index (χ1n) is 7.31. The fraction of sp³-hybridized carbons (Fsp3) is 0.111. The Hall–Kier alpha value is -2.73. The highest BCUT2D eigenvalue weighted by Gasteiger charge is 2.19. The van der Waals surface area contributed by atoms with E-state index in [1.54, 1.807) is 43.3 Å². The van der Waals surface area contributed by atoms with Gasteiger partial charge in [-0.1, -0.05) is 17.7 Å². The Kier molecular flexibility index (Phi) is 3.85. The highest BCUT2D eigenvalue weighted by atomic mass is 32.2. The quantitative estimate of drug-likeness (QED) is 0.794. The van der Waals surface area contributed by atoms with Gasteiger partial charge in [0.1, 0.15) is 0 Å². The van der Waals surface area contributed by atoms with E-state index in [4.69, 9.17) is 5.73 Å². The van der Waals surface area contributed by atoms with Crippen molar-refractivity contribution in [2.45, 2.75) is 23.6 Å². The molecule has 2 aromatic carbocycles. The third-order valence-electron chi connectivity index (χ3n) is 3.87. The number of pyridine rings is 1. The van der Waals surface area contributed by atoms with Crippen molar-refractivity contribution in [3.63, 3.8) is 0 Å². The Balaban J connectivity index is 2.22. The van der Waals surface area contributed by atoms with E-state index in [1.807, 2.05) is 6.92 Å². The molecular formula is C18H16N2O3S. The molecule has 0 spiro atoms. The normalized spacial score (nSPS) is 11.6. The van der Waals surface area contributed by atoms with Crippen LogP contribution in [0.1, 0.15) is 21.5 Å². The number of carbonyl (C=O) groups is 1. The van der Waals surface area contributed by atoms with Gasteiger partial charge in [-0.3, -0.25) is 9.78 Å². The molecule has 0 aliphatic heterocycles. The van der Waals surface area contributed by atoms with Gasteiger partial charge < -0.3 is 5.73 Å². The van der Waals surface area contributed by atoms with Gasteiger partial charge in [-0.2, -0.15) is 0 Å². The van der Waals surface area contributed by atoms with Crippen molar-refractivity contribution in [3.8, 4) is 0 Å². The molecule has 0 radical (unpaired) electrons. The number of primary amides is 1. The summed E-state index contributed by atoms with van der Waals surface area (Å²) in [5, 5.41) is 0.567. The smallest absolute Gasteiger partial charge is 0.250 e. The van der Waals surface area contributed by atoms with Gasteiger partial charge in [0.15, 0.2) is 0 Å². The number of benzene rings is 2. The molecule has 1 heterocycles. The number of fused-ring (bicyclic) bond motifs is 1. The second-order valence-electron chi connectivity index (χ2n) is 5.72. The number of nitrogens with two attached hydrogens (primary N) is 1. The predicted molar refractivity (Wildman–Crippen MR) is 91.6 cm³/mol. The molecule has 1 amide bonds. The summed E-state index contributed by atoms with van der Waals surface area (Å²) in [7, 11) is -3.65. The Morgan fingerprint density at radius 2 is 1.67 bits per heavy atom. The molecular weight excluding hydrogens is 324 g/mol. The van der Waals surface area contributed by atoms with Crippen LogP contribution in [-0.2, 0) is 9.84 Å². The molecule has 122 valence electrons. The number of rotatable bonds is 3. The van der Waals surface area contributed by atoms with Gasteiger partial charge in [0.25, 0.3) is 0 Å². The topological polar surface area (TPSA) is 90.1 Å². The minimum atomic E-state index is -3.65. The molecule has 3 rings (SSSR count). The lowest BCUT2D eigenvalue weighted by Gasteiger charge is -2.09. The maximum atomic E-state index is 12.8. The number of sulfone groups is 1. The average molecular weight is 340 g/mol. The van der Waals surface area contributed by atoms with Crippen molar-refractivity contribution in [1.82, 2.24) is 4.98 Å². The van der Waals surface area contributed by atoms with Gasteiger partial charge in [-0.15, -0.1) is 0 Å². The summed E-state index contributed by atoms with van der Waals surface area (Å²) in [6.45, 7) is 3.68. The molecule has 3 aromatic rings. The summed E-state index contributed by atoms with van der Waals surface area (Å²) in [6.07, 6.45) is 1.39. The first kappa shape index (κ1) is 16.1. The molecule has 0 saturated heterocycles. The van der Waals surface area contributed by atoms with E-state index in [-0.39, 0.29) is 15.4 Å². The number of carbonyl (C=O) groups excluding carboxylic acids is 1. The van der Waals surface area contributed by atoms with Crippen molar-refractivity contribution in [2.24, 2.45) is 5.73 Å². The van der Waals surface area contributed by atoms with Crippen molar-refractivity contribution < 1.29 is 13.2 Å². The minimum absolute atomic E-state index is 0.166. The van der Waals surface area contributed by atoms with Crippen LogP contribution >= 0.6 is 0 Å². The summed E-state index contributed by atoms with van der Waals surface area (Å²) >= 11 is 0. The number of hydrogen-bond acceptors (Lipinski definition) is 4. The van der Waals surface area contributed by atoms with Crippen LogP contribution in [0.2, 0.25) is 0 Å². The standard InChI is InChI=1S/C18H16N2O3S/c1-11-3-5-15(6-4-11)24(22,23)16-7-12(2)17-13(9-16)8-14(10-20-17)18(19)21/h3-10H,1-2H3,(H2,19,21). The van der Waals surface area contributed by atoms with Crippen LogP contribution in [0.15, 0.2) is 58.5 Å². The fourth-order valence-electron chi connectivity index (χ4n) is 2.54. The number of amides is 1. The molecule has 0 fully saturated rings. The lowest BCUT2D eigenvalue weighted by molar-refractivity contribution is 0.1000. The van der Waals surface area contributed by atoms with E-state index < -0.39 is 15.7 Å². The molecule has 0 saturated carbocycles. The molecule has 1 aromatic heterocycles. The molecule has 6 heteroatoms. The monoisotopic (exact) mass is 340 g/mol. The average Bonchev–Trinajstić information content (AvgIpc) is 2.54. The van der Waals surface area contributed by atoms with Crippen molar-refractivity contribution >= 4 is 26.6 Å². The third-order valence-corrected chi connectivity index (χ3v) is 5.62. The van der Waals surface area contributed by atoms with Crippen LogP contribution in [0.25, 0.3) is 10.9 Å². The SMILES string of the molecule is Cc1ccc(S(=O)(=O)c2cc(C)c3ncc(C(N)=O)cc3c2)cc1. The molecule has 0 bridgehead atoms. The third kappa shape index (κ3) is 2.76. The first-order valence-corrected chi connectivity index (χ1v) is 8.79. The van der Waals surface area contributed by atoms with E-state index in [2.05, 4.69) is 4.98 Å². The highest BCUT2D eigenvalue weighted by Crippen LogP contribution is 2.27. The molecule has 0 atom stereocenters. The summed E-state index contributed by atoms with van der Waals surface area (Å²) in [4.78, 5) is 15.9. The maximum Gasteiger partial charge on any atom is 0.250 e. The van der Waals surface area contributed by atoms with Crippen LogP contribution in [0.5, 0.6) is 0 Å². The van der Waals surface area contributed by atoms with Gasteiger partial charge in [0.05, 0.1) is 20.9 Å². The fourth-order valence-corrected chi connectivity index (χ4v) is 3.92. The molecule has 5 nitrogen and oxygen atoms in total. The van der Waals surface area contributed by atoms with Gasteiger partial charge in [-0.25, -0.2) is 8.42 Å². The lowest BCUT2D eigenvalue weighted by atomic mass is 10.1.